The standard InChI is InChI=1S/C19H23N3O3/c1-15(2)10-20-18(23)14-25-19(24)9-8-17-11-21-22(13-17)12-16-6-4-3-5-7-16/h3-9,11,13,15H,10,12,14H2,1-2H3,(H,20,23)/b9-8+. The number of aromatic nitrogens is 2. The maximum atomic E-state index is 11.6. The number of nitrogens with one attached hydrogen (secondary N) is 1. The molecule has 2 aromatic rings. The minimum Gasteiger partial charge on any atom is -0.452 e. The van der Waals surface area contributed by atoms with Gasteiger partial charge < -0.3 is 10.1 Å². The van der Waals surface area contributed by atoms with E-state index in [2.05, 4.69) is 10.4 Å². The van der Waals surface area contributed by atoms with Crippen LogP contribution in [0.3, 0.4) is 0 Å². The molecule has 0 radical (unpaired) electrons. The number of benzene rings is 1. The number of carbonyl (C=O) groups is 2. The van der Waals surface area contributed by atoms with Gasteiger partial charge in [-0.15, -0.1) is 0 Å². The molecule has 0 bridgehead atoms. The van der Waals surface area contributed by atoms with Gasteiger partial charge in [0.2, 0.25) is 0 Å². The molecule has 1 amide bonds. The smallest absolute Gasteiger partial charge is 0.331 e. The van der Waals surface area contributed by atoms with Crippen LogP contribution in [0.2, 0.25) is 0 Å². The number of hydrogen-bond acceptors (Lipinski definition) is 4. The van der Waals surface area contributed by atoms with Gasteiger partial charge >= 0.3 is 5.97 Å². The lowest BCUT2D eigenvalue weighted by Crippen LogP contribution is -2.31. The predicted molar refractivity (Wildman–Crippen MR) is 95.6 cm³/mol. The zero-order valence-corrected chi connectivity index (χ0v) is 14.5. The summed E-state index contributed by atoms with van der Waals surface area (Å²) < 4.78 is 6.69. The molecule has 132 valence electrons. The summed E-state index contributed by atoms with van der Waals surface area (Å²) in [5.74, 6) is -0.506. The Kier molecular flexibility index (Phi) is 6.95. The highest BCUT2D eigenvalue weighted by Crippen LogP contribution is 2.05. The van der Waals surface area contributed by atoms with Crippen molar-refractivity contribution in [2.24, 2.45) is 5.92 Å². The normalized spacial score (nSPS) is 11.0. The molecule has 1 N–H and O–H groups in total. The maximum Gasteiger partial charge on any atom is 0.331 e. The topological polar surface area (TPSA) is 73.2 Å². The summed E-state index contributed by atoms with van der Waals surface area (Å²) in [6.45, 7) is 4.94. The molecule has 6 heteroatoms. The van der Waals surface area contributed by atoms with Crippen molar-refractivity contribution < 1.29 is 14.3 Å². The zero-order valence-electron chi connectivity index (χ0n) is 14.5. The van der Waals surface area contributed by atoms with Crippen LogP contribution in [-0.4, -0.2) is 34.8 Å². The molecule has 0 aliphatic rings. The van der Waals surface area contributed by atoms with Gasteiger partial charge in [0.15, 0.2) is 6.61 Å². The number of esters is 1. The lowest BCUT2D eigenvalue weighted by molar-refractivity contribution is -0.143. The van der Waals surface area contributed by atoms with Gasteiger partial charge in [-0.2, -0.15) is 5.10 Å². The van der Waals surface area contributed by atoms with Crippen LogP contribution >= 0.6 is 0 Å². The van der Waals surface area contributed by atoms with Crippen LogP contribution in [0.4, 0.5) is 0 Å². The molecular formula is C19H23N3O3. The van der Waals surface area contributed by atoms with Crippen molar-refractivity contribution in [3.8, 4) is 0 Å². The minimum atomic E-state index is -0.560. The minimum absolute atomic E-state index is 0.275. The number of nitrogens with zero attached hydrogens (tertiary/aromatic N) is 2. The highest BCUT2D eigenvalue weighted by molar-refractivity contribution is 5.89. The van der Waals surface area contributed by atoms with E-state index in [1.54, 1.807) is 17.0 Å². The third-order valence-corrected chi connectivity index (χ3v) is 3.31. The Morgan fingerprint density at radius 1 is 1.28 bits per heavy atom. The predicted octanol–water partition coefficient (Wildman–Crippen LogP) is 2.26. The lowest BCUT2D eigenvalue weighted by atomic mass is 10.2. The van der Waals surface area contributed by atoms with E-state index in [4.69, 9.17) is 4.74 Å². The van der Waals surface area contributed by atoms with E-state index >= 15 is 0 Å². The molecule has 2 rings (SSSR count). The Morgan fingerprint density at radius 3 is 2.76 bits per heavy atom. The number of rotatable bonds is 8. The number of ether oxygens (including phenoxy) is 1. The number of amides is 1. The van der Waals surface area contributed by atoms with Gasteiger partial charge in [-0.1, -0.05) is 44.2 Å². The second-order valence-corrected chi connectivity index (χ2v) is 6.10. The molecule has 6 nitrogen and oxygen atoms in total. The summed E-state index contributed by atoms with van der Waals surface area (Å²) in [4.78, 5) is 23.1. The van der Waals surface area contributed by atoms with E-state index in [0.717, 1.165) is 11.1 Å². The van der Waals surface area contributed by atoms with Crippen LogP contribution in [-0.2, 0) is 20.9 Å². The van der Waals surface area contributed by atoms with Crippen molar-refractivity contribution in [2.45, 2.75) is 20.4 Å². The highest BCUT2D eigenvalue weighted by atomic mass is 16.5. The van der Waals surface area contributed by atoms with Crippen molar-refractivity contribution in [1.82, 2.24) is 15.1 Å². The third kappa shape index (κ3) is 7.03. The summed E-state index contributed by atoms with van der Waals surface area (Å²) in [6, 6.07) is 9.98. The number of carbonyl (C=O) groups excluding carboxylic acids is 2. The maximum absolute atomic E-state index is 11.6. The van der Waals surface area contributed by atoms with E-state index in [1.165, 1.54) is 6.08 Å². The Hall–Kier alpha value is -2.89. The molecule has 0 saturated heterocycles. The first kappa shape index (κ1) is 18.4. The van der Waals surface area contributed by atoms with E-state index in [-0.39, 0.29) is 12.5 Å². The Balaban J connectivity index is 1.77. The van der Waals surface area contributed by atoms with Crippen molar-refractivity contribution in [2.75, 3.05) is 13.2 Å². The Bertz CT molecular complexity index is 721. The molecule has 1 aromatic heterocycles. The molecule has 0 atom stereocenters. The van der Waals surface area contributed by atoms with E-state index < -0.39 is 5.97 Å². The van der Waals surface area contributed by atoms with Crippen LogP contribution in [0.25, 0.3) is 6.08 Å². The van der Waals surface area contributed by atoms with Gasteiger partial charge in [-0.3, -0.25) is 9.48 Å². The van der Waals surface area contributed by atoms with Crippen molar-refractivity contribution in [1.29, 1.82) is 0 Å². The average Bonchev–Trinajstić information content (AvgIpc) is 3.04. The lowest BCUT2D eigenvalue weighted by Gasteiger charge is -2.07. The second-order valence-electron chi connectivity index (χ2n) is 6.10. The zero-order chi connectivity index (χ0) is 18.1. The van der Waals surface area contributed by atoms with E-state index in [9.17, 15) is 9.59 Å². The van der Waals surface area contributed by atoms with Gasteiger partial charge in [0, 0.05) is 24.4 Å². The average molecular weight is 341 g/mol. The molecule has 0 saturated carbocycles. The van der Waals surface area contributed by atoms with Crippen molar-refractivity contribution in [3.63, 3.8) is 0 Å². The van der Waals surface area contributed by atoms with Crippen LogP contribution in [0.1, 0.15) is 25.0 Å². The van der Waals surface area contributed by atoms with Crippen LogP contribution in [0, 0.1) is 5.92 Å². The van der Waals surface area contributed by atoms with Crippen molar-refractivity contribution in [3.05, 3.63) is 59.9 Å². The summed E-state index contributed by atoms with van der Waals surface area (Å²) in [5.41, 5.74) is 1.94. The SMILES string of the molecule is CC(C)CNC(=O)COC(=O)/C=C/c1cnn(Cc2ccccc2)c1. The molecule has 0 aliphatic heterocycles. The second kappa shape index (κ2) is 9.42. The third-order valence-electron chi connectivity index (χ3n) is 3.31. The van der Waals surface area contributed by atoms with Crippen molar-refractivity contribution >= 4 is 18.0 Å². The first-order chi connectivity index (χ1) is 12.0. The molecule has 0 spiro atoms. The summed E-state index contributed by atoms with van der Waals surface area (Å²) in [7, 11) is 0. The fourth-order valence-corrected chi connectivity index (χ4v) is 2.04. The molecular weight excluding hydrogens is 318 g/mol. The molecule has 0 unspecified atom stereocenters. The van der Waals surface area contributed by atoms with Gasteiger partial charge in [0.05, 0.1) is 12.7 Å². The molecule has 0 fully saturated rings. The summed E-state index contributed by atoms with van der Waals surface area (Å²) >= 11 is 0. The fourth-order valence-electron chi connectivity index (χ4n) is 2.04. The van der Waals surface area contributed by atoms with Gasteiger partial charge in [0.25, 0.3) is 5.91 Å². The monoisotopic (exact) mass is 341 g/mol. The molecule has 1 aromatic carbocycles. The van der Waals surface area contributed by atoms with Gasteiger partial charge in [0.1, 0.15) is 0 Å². The highest BCUT2D eigenvalue weighted by Gasteiger charge is 2.05. The quantitative estimate of drug-likeness (QED) is 0.590. The van der Waals surface area contributed by atoms with Crippen LogP contribution < -0.4 is 5.32 Å². The molecule has 1 heterocycles. The molecule has 25 heavy (non-hydrogen) atoms. The first-order valence-electron chi connectivity index (χ1n) is 8.21. The largest absolute Gasteiger partial charge is 0.452 e. The summed E-state index contributed by atoms with van der Waals surface area (Å²) in [5, 5.41) is 6.94. The van der Waals surface area contributed by atoms with Crippen LogP contribution in [0.15, 0.2) is 48.8 Å². The Labute approximate surface area is 147 Å². The Morgan fingerprint density at radius 2 is 2.04 bits per heavy atom. The fraction of sp³-hybridized carbons (Fsp3) is 0.316. The van der Waals surface area contributed by atoms with E-state index in [0.29, 0.717) is 19.0 Å². The van der Waals surface area contributed by atoms with Crippen LogP contribution in [0.5, 0.6) is 0 Å². The number of hydrogen-bond donors (Lipinski definition) is 1. The van der Waals surface area contributed by atoms with Gasteiger partial charge in [-0.05, 0) is 17.6 Å². The molecule has 0 aliphatic carbocycles. The summed E-state index contributed by atoms with van der Waals surface area (Å²) in [6.07, 6.45) is 6.41. The van der Waals surface area contributed by atoms with Gasteiger partial charge in [-0.25, -0.2) is 4.79 Å². The first-order valence-corrected chi connectivity index (χ1v) is 8.21. The van der Waals surface area contributed by atoms with E-state index in [1.807, 2.05) is 50.4 Å².